The van der Waals surface area contributed by atoms with Crippen molar-refractivity contribution in [1.82, 2.24) is 0 Å². The summed E-state index contributed by atoms with van der Waals surface area (Å²) in [6.07, 6.45) is 2.80. The molecule has 0 unspecified atom stereocenters. The first-order chi connectivity index (χ1) is 13.0. The number of hydrogen-bond acceptors (Lipinski definition) is 4. The second-order valence-corrected chi connectivity index (χ2v) is 6.11. The number of nitriles is 1. The average molecular weight is 364 g/mol. The lowest BCUT2D eigenvalue weighted by molar-refractivity contribution is -0.114. The van der Waals surface area contributed by atoms with Crippen LogP contribution in [0.3, 0.4) is 0 Å². The number of amides is 1. The zero-order chi connectivity index (χ0) is 19.4. The third-order valence-electron chi connectivity index (χ3n) is 4.43. The van der Waals surface area contributed by atoms with Gasteiger partial charge in [-0.05, 0) is 48.7 Å². The Bertz CT molecular complexity index is 962. The lowest BCUT2D eigenvalue weighted by Gasteiger charge is -2.28. The Morgan fingerprint density at radius 3 is 2.89 bits per heavy atom. The van der Waals surface area contributed by atoms with Crippen molar-refractivity contribution in [3.05, 3.63) is 77.1 Å². The summed E-state index contributed by atoms with van der Waals surface area (Å²) < 4.78 is 19.2. The van der Waals surface area contributed by atoms with Crippen LogP contribution in [0.5, 0.6) is 0 Å². The molecule has 0 saturated carbocycles. The molecule has 0 fully saturated rings. The molecule has 0 bridgehead atoms. The van der Waals surface area contributed by atoms with Gasteiger partial charge in [-0.2, -0.15) is 5.26 Å². The number of ether oxygens (including phenoxy) is 1. The van der Waals surface area contributed by atoms with Crippen LogP contribution in [-0.2, 0) is 22.6 Å². The molecule has 3 rings (SSSR count). The SMILES string of the molecule is C=CC(=O)N1CCCc2cc(C(=O)OCc3cccc(C#N)c3F)ccc21. The van der Waals surface area contributed by atoms with Crippen LogP contribution < -0.4 is 4.90 Å². The van der Waals surface area contributed by atoms with Crippen LogP contribution >= 0.6 is 0 Å². The normalized spacial score (nSPS) is 12.7. The van der Waals surface area contributed by atoms with Crippen molar-refractivity contribution in [2.75, 3.05) is 11.4 Å². The largest absolute Gasteiger partial charge is 0.457 e. The van der Waals surface area contributed by atoms with Crippen LogP contribution in [0.2, 0.25) is 0 Å². The molecule has 0 saturated heterocycles. The second-order valence-electron chi connectivity index (χ2n) is 6.11. The van der Waals surface area contributed by atoms with Crippen LogP contribution in [0.1, 0.15) is 33.5 Å². The summed E-state index contributed by atoms with van der Waals surface area (Å²) in [4.78, 5) is 25.9. The maximum atomic E-state index is 14.0. The summed E-state index contributed by atoms with van der Waals surface area (Å²) in [7, 11) is 0. The van der Waals surface area contributed by atoms with Crippen molar-refractivity contribution in [2.45, 2.75) is 19.4 Å². The summed E-state index contributed by atoms with van der Waals surface area (Å²) in [5.41, 5.74) is 2.02. The molecule has 5 nitrogen and oxygen atoms in total. The predicted molar refractivity (Wildman–Crippen MR) is 97.5 cm³/mol. The molecular weight excluding hydrogens is 347 g/mol. The van der Waals surface area contributed by atoms with E-state index in [0.29, 0.717) is 12.1 Å². The van der Waals surface area contributed by atoms with Gasteiger partial charge in [0.2, 0.25) is 5.91 Å². The molecule has 0 spiro atoms. The van der Waals surface area contributed by atoms with Crippen molar-refractivity contribution in [1.29, 1.82) is 5.26 Å². The van der Waals surface area contributed by atoms with Gasteiger partial charge in [0, 0.05) is 17.8 Å². The predicted octanol–water partition coefficient (Wildman–Crippen LogP) is 3.52. The molecule has 136 valence electrons. The Kier molecular flexibility index (Phi) is 5.32. The molecule has 0 aliphatic carbocycles. The van der Waals surface area contributed by atoms with Crippen molar-refractivity contribution in [2.24, 2.45) is 0 Å². The number of hydrogen-bond donors (Lipinski definition) is 0. The molecule has 1 heterocycles. The summed E-state index contributed by atoms with van der Waals surface area (Å²) in [5.74, 6) is -1.46. The number of carbonyl (C=O) groups excluding carboxylic acids is 2. The minimum Gasteiger partial charge on any atom is -0.457 e. The molecule has 6 heteroatoms. The lowest BCUT2D eigenvalue weighted by atomic mass is 9.99. The Hall–Kier alpha value is -3.46. The number of nitrogens with zero attached hydrogens (tertiary/aromatic N) is 2. The number of anilines is 1. The van der Waals surface area contributed by atoms with Gasteiger partial charge in [0.05, 0.1) is 11.1 Å². The molecule has 0 aromatic heterocycles. The van der Waals surface area contributed by atoms with Gasteiger partial charge in [0.1, 0.15) is 18.5 Å². The number of fused-ring (bicyclic) bond motifs is 1. The summed E-state index contributed by atoms with van der Waals surface area (Å²) in [6, 6.07) is 11.1. The van der Waals surface area contributed by atoms with E-state index in [1.54, 1.807) is 29.2 Å². The fourth-order valence-electron chi connectivity index (χ4n) is 3.07. The summed E-state index contributed by atoms with van der Waals surface area (Å²) >= 11 is 0. The molecule has 2 aromatic carbocycles. The van der Waals surface area contributed by atoms with E-state index >= 15 is 0 Å². The third-order valence-corrected chi connectivity index (χ3v) is 4.43. The van der Waals surface area contributed by atoms with E-state index in [0.717, 1.165) is 24.1 Å². The average Bonchev–Trinajstić information content (AvgIpc) is 2.71. The van der Waals surface area contributed by atoms with Crippen LogP contribution in [0.25, 0.3) is 0 Å². The highest BCUT2D eigenvalue weighted by atomic mass is 19.1. The van der Waals surface area contributed by atoms with E-state index < -0.39 is 11.8 Å². The standard InChI is InChI=1S/C21H17FN2O3/c1-2-19(25)24-10-4-7-14-11-15(8-9-18(14)24)21(26)27-13-17-6-3-5-16(12-23)20(17)22/h2-3,5-6,8-9,11H,1,4,7,10,13H2. The van der Waals surface area contributed by atoms with Crippen LogP contribution in [0.4, 0.5) is 10.1 Å². The van der Waals surface area contributed by atoms with Gasteiger partial charge in [0.15, 0.2) is 0 Å². The second kappa shape index (κ2) is 7.83. The van der Waals surface area contributed by atoms with Crippen LogP contribution in [-0.4, -0.2) is 18.4 Å². The first-order valence-electron chi connectivity index (χ1n) is 8.46. The highest BCUT2D eigenvalue weighted by Crippen LogP contribution is 2.28. The Morgan fingerprint density at radius 2 is 2.15 bits per heavy atom. The fraction of sp³-hybridized carbons (Fsp3) is 0.190. The van der Waals surface area contributed by atoms with E-state index in [4.69, 9.17) is 10.00 Å². The first kappa shape index (κ1) is 18.3. The van der Waals surface area contributed by atoms with Crippen LogP contribution in [0, 0.1) is 17.1 Å². The monoisotopic (exact) mass is 364 g/mol. The van der Waals surface area contributed by atoms with E-state index in [1.165, 1.54) is 24.3 Å². The molecule has 1 aliphatic heterocycles. The third kappa shape index (κ3) is 3.72. The quantitative estimate of drug-likeness (QED) is 0.615. The minimum atomic E-state index is -0.683. The topological polar surface area (TPSA) is 70.4 Å². The number of benzene rings is 2. The molecule has 27 heavy (non-hydrogen) atoms. The first-order valence-corrected chi connectivity index (χ1v) is 8.46. The highest BCUT2D eigenvalue weighted by Gasteiger charge is 2.22. The van der Waals surface area contributed by atoms with Gasteiger partial charge in [-0.15, -0.1) is 0 Å². The van der Waals surface area contributed by atoms with Gasteiger partial charge in [0.25, 0.3) is 0 Å². The van der Waals surface area contributed by atoms with Gasteiger partial charge < -0.3 is 9.64 Å². The molecule has 1 aliphatic rings. The van der Waals surface area contributed by atoms with E-state index in [-0.39, 0.29) is 23.6 Å². The molecule has 1 amide bonds. The zero-order valence-electron chi connectivity index (χ0n) is 14.6. The van der Waals surface area contributed by atoms with E-state index in [9.17, 15) is 14.0 Å². The molecular formula is C21H17FN2O3. The van der Waals surface area contributed by atoms with Gasteiger partial charge >= 0.3 is 5.97 Å². The van der Waals surface area contributed by atoms with Gasteiger partial charge in [-0.3, -0.25) is 4.79 Å². The molecule has 0 N–H and O–H groups in total. The number of rotatable bonds is 4. The zero-order valence-corrected chi connectivity index (χ0v) is 14.6. The summed E-state index contributed by atoms with van der Waals surface area (Å²) in [6.45, 7) is 3.85. The maximum absolute atomic E-state index is 14.0. The van der Waals surface area contributed by atoms with E-state index in [2.05, 4.69) is 6.58 Å². The number of esters is 1. The number of carbonyl (C=O) groups is 2. The van der Waals surface area contributed by atoms with Crippen molar-refractivity contribution >= 4 is 17.6 Å². The smallest absolute Gasteiger partial charge is 0.338 e. The van der Waals surface area contributed by atoms with Crippen molar-refractivity contribution in [3.63, 3.8) is 0 Å². The van der Waals surface area contributed by atoms with Crippen LogP contribution in [0.15, 0.2) is 49.1 Å². The Balaban J connectivity index is 1.76. The maximum Gasteiger partial charge on any atom is 0.338 e. The Morgan fingerprint density at radius 1 is 1.33 bits per heavy atom. The van der Waals surface area contributed by atoms with Gasteiger partial charge in [-0.1, -0.05) is 18.7 Å². The number of halogens is 1. The highest BCUT2D eigenvalue weighted by molar-refractivity contribution is 6.02. The van der Waals surface area contributed by atoms with Crippen molar-refractivity contribution < 1.29 is 18.7 Å². The van der Waals surface area contributed by atoms with E-state index in [1.807, 2.05) is 0 Å². The molecule has 2 aromatic rings. The van der Waals surface area contributed by atoms with Crippen molar-refractivity contribution in [3.8, 4) is 6.07 Å². The lowest BCUT2D eigenvalue weighted by Crippen LogP contribution is -2.34. The van der Waals surface area contributed by atoms with Gasteiger partial charge in [-0.25, -0.2) is 9.18 Å². The molecule has 0 atom stereocenters. The molecule has 0 radical (unpaired) electrons. The summed E-state index contributed by atoms with van der Waals surface area (Å²) in [5, 5.41) is 8.86. The number of aryl methyl sites for hydroxylation is 1. The minimum absolute atomic E-state index is 0.0932. The fourth-order valence-corrected chi connectivity index (χ4v) is 3.07. The Labute approximate surface area is 156 Å².